The van der Waals surface area contributed by atoms with Crippen LogP contribution in [-0.2, 0) is 9.53 Å². The van der Waals surface area contributed by atoms with Crippen LogP contribution in [0.4, 0.5) is 0 Å². The molecule has 0 saturated carbocycles. The van der Waals surface area contributed by atoms with Crippen molar-refractivity contribution in [3.05, 3.63) is 0 Å². The molecule has 90 valence electrons. The molecule has 0 amide bonds. The summed E-state index contributed by atoms with van der Waals surface area (Å²) in [6, 6.07) is 0.542. The third-order valence-corrected chi connectivity index (χ3v) is 2.61. The Labute approximate surface area is 93.6 Å². The minimum absolute atomic E-state index is 0.126. The summed E-state index contributed by atoms with van der Waals surface area (Å²) in [6.45, 7) is 13.0. The predicted octanol–water partition coefficient (Wildman–Crippen LogP) is 2.35. The van der Waals surface area contributed by atoms with Gasteiger partial charge in [-0.25, -0.2) is 0 Å². The third-order valence-electron chi connectivity index (χ3n) is 2.61. The monoisotopic (exact) mass is 215 g/mol. The first-order chi connectivity index (χ1) is 6.77. The molecule has 0 heterocycles. The molecule has 15 heavy (non-hydrogen) atoms. The largest absolute Gasteiger partial charge is 0.466 e. The Morgan fingerprint density at radius 3 is 2.27 bits per heavy atom. The zero-order valence-electron chi connectivity index (χ0n) is 10.9. The molecule has 2 unspecified atom stereocenters. The molecule has 0 aliphatic heterocycles. The average Bonchev–Trinajstić information content (AvgIpc) is 2.01. The molecule has 0 saturated heterocycles. The van der Waals surface area contributed by atoms with Gasteiger partial charge in [0.15, 0.2) is 0 Å². The van der Waals surface area contributed by atoms with Gasteiger partial charge in [-0.2, -0.15) is 0 Å². The van der Waals surface area contributed by atoms with Gasteiger partial charge in [0.25, 0.3) is 0 Å². The Morgan fingerprint density at radius 2 is 1.87 bits per heavy atom. The summed E-state index contributed by atoms with van der Waals surface area (Å²) >= 11 is 0. The van der Waals surface area contributed by atoms with Crippen LogP contribution in [0.2, 0.25) is 0 Å². The fourth-order valence-corrected chi connectivity index (χ4v) is 1.21. The summed E-state index contributed by atoms with van der Waals surface area (Å²) in [5.41, 5.74) is 0.211. The first-order valence-electron chi connectivity index (χ1n) is 5.69. The van der Waals surface area contributed by atoms with E-state index in [1.54, 1.807) is 0 Å². The van der Waals surface area contributed by atoms with Crippen LogP contribution in [0.1, 0.15) is 48.0 Å². The Kier molecular flexibility index (Phi) is 5.88. The second-order valence-corrected chi connectivity index (χ2v) is 5.16. The lowest BCUT2D eigenvalue weighted by atomic mass is 9.87. The summed E-state index contributed by atoms with van der Waals surface area (Å²) in [7, 11) is 0. The molecule has 3 heteroatoms. The standard InChI is InChI=1S/C12H25NO2/c1-7-15-11(14)8-9(2)13-10(3)12(4,5)6/h9-10,13H,7-8H2,1-6H3. The maximum absolute atomic E-state index is 11.2. The topological polar surface area (TPSA) is 38.3 Å². The SMILES string of the molecule is CCOC(=O)CC(C)NC(C)C(C)(C)C. The highest BCUT2D eigenvalue weighted by Crippen LogP contribution is 2.19. The molecule has 0 aromatic heterocycles. The van der Waals surface area contributed by atoms with Crippen LogP contribution < -0.4 is 5.32 Å². The molecule has 1 N–H and O–H groups in total. The minimum Gasteiger partial charge on any atom is -0.466 e. The number of hydrogen-bond acceptors (Lipinski definition) is 3. The second kappa shape index (κ2) is 6.11. The number of hydrogen-bond donors (Lipinski definition) is 1. The number of carbonyl (C=O) groups excluding carboxylic acids is 1. The smallest absolute Gasteiger partial charge is 0.307 e. The van der Waals surface area contributed by atoms with Crippen LogP contribution in [0.5, 0.6) is 0 Å². The Hall–Kier alpha value is -0.570. The van der Waals surface area contributed by atoms with Crippen molar-refractivity contribution in [1.29, 1.82) is 0 Å². The Morgan fingerprint density at radius 1 is 1.33 bits per heavy atom. The van der Waals surface area contributed by atoms with Gasteiger partial charge in [0.2, 0.25) is 0 Å². The third kappa shape index (κ3) is 6.50. The van der Waals surface area contributed by atoms with Gasteiger partial charge >= 0.3 is 5.97 Å². The van der Waals surface area contributed by atoms with E-state index in [0.29, 0.717) is 19.1 Å². The lowest BCUT2D eigenvalue weighted by molar-refractivity contribution is -0.143. The van der Waals surface area contributed by atoms with E-state index in [2.05, 4.69) is 33.0 Å². The molecule has 0 aliphatic carbocycles. The van der Waals surface area contributed by atoms with Crippen LogP contribution in [-0.4, -0.2) is 24.7 Å². The molecule has 0 radical (unpaired) electrons. The fraction of sp³-hybridized carbons (Fsp3) is 0.917. The fourth-order valence-electron chi connectivity index (χ4n) is 1.21. The average molecular weight is 215 g/mol. The highest BCUT2D eigenvalue weighted by Gasteiger charge is 2.22. The van der Waals surface area contributed by atoms with Crippen molar-refractivity contribution in [2.75, 3.05) is 6.61 Å². The molecule has 0 fully saturated rings. The summed E-state index contributed by atoms with van der Waals surface area (Å²) in [4.78, 5) is 11.2. The van der Waals surface area contributed by atoms with Crippen molar-refractivity contribution in [2.24, 2.45) is 5.41 Å². The lowest BCUT2D eigenvalue weighted by Gasteiger charge is -2.30. The van der Waals surface area contributed by atoms with Crippen molar-refractivity contribution in [3.63, 3.8) is 0 Å². The van der Waals surface area contributed by atoms with Gasteiger partial charge in [-0.3, -0.25) is 4.79 Å². The molecule has 0 aromatic carbocycles. The maximum Gasteiger partial charge on any atom is 0.307 e. The van der Waals surface area contributed by atoms with E-state index in [9.17, 15) is 4.79 Å². The molecule has 0 aromatic rings. The van der Waals surface area contributed by atoms with Crippen molar-refractivity contribution in [1.82, 2.24) is 5.32 Å². The lowest BCUT2D eigenvalue weighted by Crippen LogP contribution is -2.43. The number of nitrogens with one attached hydrogen (secondary N) is 1. The van der Waals surface area contributed by atoms with Crippen molar-refractivity contribution < 1.29 is 9.53 Å². The van der Waals surface area contributed by atoms with E-state index in [0.717, 1.165) is 0 Å². The molecule has 2 atom stereocenters. The zero-order valence-corrected chi connectivity index (χ0v) is 10.9. The molecule has 0 spiro atoms. The summed E-state index contributed by atoms with van der Waals surface area (Å²) in [5, 5.41) is 3.41. The normalized spacial score (nSPS) is 15.9. The Bertz CT molecular complexity index is 196. The summed E-state index contributed by atoms with van der Waals surface area (Å²) in [5.74, 6) is -0.126. The number of esters is 1. The number of carbonyl (C=O) groups is 1. The minimum atomic E-state index is -0.126. The molecule has 3 nitrogen and oxygen atoms in total. The van der Waals surface area contributed by atoms with Crippen LogP contribution in [0.15, 0.2) is 0 Å². The molecule has 0 bridgehead atoms. The van der Waals surface area contributed by atoms with Crippen LogP contribution in [0.3, 0.4) is 0 Å². The first-order valence-corrected chi connectivity index (χ1v) is 5.69. The van der Waals surface area contributed by atoms with Crippen LogP contribution >= 0.6 is 0 Å². The quantitative estimate of drug-likeness (QED) is 0.715. The van der Waals surface area contributed by atoms with E-state index < -0.39 is 0 Å². The van der Waals surface area contributed by atoms with Crippen LogP contribution in [0, 0.1) is 5.41 Å². The summed E-state index contributed by atoms with van der Waals surface area (Å²) < 4.78 is 4.90. The van der Waals surface area contributed by atoms with Crippen molar-refractivity contribution in [3.8, 4) is 0 Å². The molecular weight excluding hydrogens is 190 g/mol. The first kappa shape index (κ1) is 14.4. The van der Waals surface area contributed by atoms with Gasteiger partial charge in [0.05, 0.1) is 13.0 Å². The Balaban J connectivity index is 3.93. The van der Waals surface area contributed by atoms with E-state index in [-0.39, 0.29) is 17.4 Å². The molecular formula is C12H25NO2. The molecule has 0 rings (SSSR count). The zero-order chi connectivity index (χ0) is 12.1. The van der Waals surface area contributed by atoms with Gasteiger partial charge in [-0.1, -0.05) is 20.8 Å². The molecule has 0 aliphatic rings. The van der Waals surface area contributed by atoms with Gasteiger partial charge in [-0.05, 0) is 26.2 Å². The van der Waals surface area contributed by atoms with Gasteiger partial charge in [0.1, 0.15) is 0 Å². The maximum atomic E-state index is 11.2. The highest BCUT2D eigenvalue weighted by molar-refractivity contribution is 5.70. The highest BCUT2D eigenvalue weighted by atomic mass is 16.5. The van der Waals surface area contributed by atoms with Crippen molar-refractivity contribution >= 4 is 5.97 Å². The summed E-state index contributed by atoms with van der Waals surface area (Å²) in [6.07, 6.45) is 0.439. The van der Waals surface area contributed by atoms with E-state index >= 15 is 0 Å². The number of rotatable bonds is 5. The van der Waals surface area contributed by atoms with Gasteiger partial charge < -0.3 is 10.1 Å². The van der Waals surface area contributed by atoms with Gasteiger partial charge in [0, 0.05) is 12.1 Å². The van der Waals surface area contributed by atoms with Crippen LogP contribution in [0.25, 0.3) is 0 Å². The van der Waals surface area contributed by atoms with E-state index in [4.69, 9.17) is 4.74 Å². The van der Waals surface area contributed by atoms with Gasteiger partial charge in [-0.15, -0.1) is 0 Å². The van der Waals surface area contributed by atoms with E-state index in [1.165, 1.54) is 0 Å². The second-order valence-electron chi connectivity index (χ2n) is 5.16. The number of ether oxygens (including phenoxy) is 1. The predicted molar refractivity (Wildman–Crippen MR) is 62.8 cm³/mol. The van der Waals surface area contributed by atoms with Crippen molar-refractivity contribution in [2.45, 2.75) is 60.0 Å². The van der Waals surface area contributed by atoms with E-state index in [1.807, 2.05) is 13.8 Å².